The Labute approximate surface area is 81.4 Å². The van der Waals surface area contributed by atoms with Gasteiger partial charge in [0.15, 0.2) is 4.96 Å². The van der Waals surface area contributed by atoms with Gasteiger partial charge in [0.1, 0.15) is 0 Å². The van der Waals surface area contributed by atoms with Crippen LogP contribution in [0.4, 0.5) is 0 Å². The van der Waals surface area contributed by atoms with Crippen molar-refractivity contribution in [2.75, 3.05) is 13.6 Å². The Kier molecular flexibility index (Phi) is 2.33. The average molecular weight is 195 g/mol. The molecular weight excluding hydrogens is 182 g/mol. The van der Waals surface area contributed by atoms with Crippen LogP contribution in [0.2, 0.25) is 0 Å². The number of fused-ring (bicyclic) bond motifs is 1. The summed E-state index contributed by atoms with van der Waals surface area (Å²) in [7, 11) is 1.98. The van der Waals surface area contributed by atoms with E-state index in [0.717, 1.165) is 17.9 Å². The fraction of sp³-hybridized carbons (Fsp3) is 0.444. The molecule has 0 aliphatic heterocycles. The molecule has 3 nitrogen and oxygen atoms in total. The van der Waals surface area contributed by atoms with Crippen molar-refractivity contribution in [3.8, 4) is 0 Å². The number of imidazole rings is 1. The van der Waals surface area contributed by atoms with E-state index < -0.39 is 0 Å². The van der Waals surface area contributed by atoms with Crippen LogP contribution in [0, 0.1) is 6.92 Å². The standard InChI is InChI=1S/C9H13N3S/c1-7-8(3-4-10-2)13-9-11-5-6-12(7)9/h5-6,10H,3-4H2,1-2H3. The van der Waals surface area contributed by atoms with E-state index in [1.165, 1.54) is 10.6 Å². The lowest BCUT2D eigenvalue weighted by atomic mass is 10.3. The number of hydrogen-bond donors (Lipinski definition) is 1. The number of likely N-dealkylation sites (N-methyl/N-ethyl adjacent to an activating group) is 1. The highest BCUT2D eigenvalue weighted by Crippen LogP contribution is 2.21. The minimum absolute atomic E-state index is 1.03. The molecule has 0 fully saturated rings. The zero-order valence-electron chi connectivity index (χ0n) is 7.87. The molecule has 0 bridgehead atoms. The van der Waals surface area contributed by atoms with E-state index in [1.807, 2.05) is 19.4 Å². The molecule has 70 valence electrons. The molecule has 2 aromatic rings. The van der Waals surface area contributed by atoms with Crippen LogP contribution in [-0.2, 0) is 6.42 Å². The maximum atomic E-state index is 4.27. The zero-order chi connectivity index (χ0) is 9.26. The van der Waals surface area contributed by atoms with Gasteiger partial charge >= 0.3 is 0 Å². The van der Waals surface area contributed by atoms with Crippen LogP contribution in [0.25, 0.3) is 4.96 Å². The first-order valence-corrected chi connectivity index (χ1v) is 5.20. The largest absolute Gasteiger partial charge is 0.319 e. The first-order valence-electron chi connectivity index (χ1n) is 4.39. The van der Waals surface area contributed by atoms with Crippen LogP contribution >= 0.6 is 11.3 Å². The number of aryl methyl sites for hydroxylation is 1. The summed E-state index contributed by atoms with van der Waals surface area (Å²) in [6.45, 7) is 3.18. The molecule has 1 N–H and O–H groups in total. The normalized spacial score (nSPS) is 11.2. The van der Waals surface area contributed by atoms with E-state index in [4.69, 9.17) is 0 Å². The third kappa shape index (κ3) is 1.47. The van der Waals surface area contributed by atoms with Gasteiger partial charge in [0, 0.05) is 23.0 Å². The van der Waals surface area contributed by atoms with Crippen LogP contribution in [0.5, 0.6) is 0 Å². The van der Waals surface area contributed by atoms with E-state index >= 15 is 0 Å². The molecule has 0 atom stereocenters. The molecule has 2 rings (SSSR count). The molecule has 0 unspecified atom stereocenters. The number of aromatic nitrogens is 2. The van der Waals surface area contributed by atoms with Gasteiger partial charge in [-0.25, -0.2) is 4.98 Å². The first-order chi connectivity index (χ1) is 6.33. The number of thiazole rings is 1. The minimum Gasteiger partial charge on any atom is -0.319 e. The van der Waals surface area contributed by atoms with E-state index in [1.54, 1.807) is 11.3 Å². The van der Waals surface area contributed by atoms with Crippen molar-refractivity contribution in [2.45, 2.75) is 13.3 Å². The quantitative estimate of drug-likeness (QED) is 0.803. The van der Waals surface area contributed by atoms with Gasteiger partial charge in [-0.2, -0.15) is 0 Å². The lowest BCUT2D eigenvalue weighted by molar-refractivity contribution is 0.793. The number of hydrogen-bond acceptors (Lipinski definition) is 3. The Morgan fingerprint density at radius 3 is 3.15 bits per heavy atom. The van der Waals surface area contributed by atoms with E-state index in [2.05, 4.69) is 21.6 Å². The number of rotatable bonds is 3. The predicted molar refractivity (Wildman–Crippen MR) is 55.4 cm³/mol. The van der Waals surface area contributed by atoms with Gasteiger partial charge in [-0.05, 0) is 26.9 Å². The van der Waals surface area contributed by atoms with E-state index in [-0.39, 0.29) is 0 Å². The third-order valence-electron chi connectivity index (χ3n) is 2.19. The highest BCUT2D eigenvalue weighted by atomic mass is 32.1. The van der Waals surface area contributed by atoms with Crippen molar-refractivity contribution in [1.29, 1.82) is 0 Å². The summed E-state index contributed by atoms with van der Waals surface area (Å²) < 4.78 is 2.15. The second-order valence-electron chi connectivity index (χ2n) is 3.04. The van der Waals surface area contributed by atoms with Gasteiger partial charge in [0.25, 0.3) is 0 Å². The lowest BCUT2D eigenvalue weighted by Gasteiger charge is -1.97. The van der Waals surface area contributed by atoms with Crippen LogP contribution in [-0.4, -0.2) is 23.0 Å². The molecule has 2 aromatic heterocycles. The Morgan fingerprint density at radius 2 is 2.46 bits per heavy atom. The predicted octanol–water partition coefficient (Wildman–Crippen LogP) is 1.47. The van der Waals surface area contributed by atoms with E-state index in [0.29, 0.717) is 0 Å². The summed E-state index contributed by atoms with van der Waals surface area (Å²) in [5.74, 6) is 0. The smallest absolute Gasteiger partial charge is 0.194 e. The Hall–Kier alpha value is -0.870. The van der Waals surface area contributed by atoms with Crippen molar-refractivity contribution < 1.29 is 0 Å². The van der Waals surface area contributed by atoms with Crippen LogP contribution in [0.1, 0.15) is 10.6 Å². The van der Waals surface area contributed by atoms with Crippen molar-refractivity contribution in [3.05, 3.63) is 23.0 Å². The lowest BCUT2D eigenvalue weighted by Crippen LogP contribution is -2.10. The van der Waals surface area contributed by atoms with E-state index in [9.17, 15) is 0 Å². The molecular formula is C9H13N3S. The SMILES string of the molecule is CNCCc1sc2nccn2c1C. The second-order valence-corrected chi connectivity index (χ2v) is 4.11. The zero-order valence-corrected chi connectivity index (χ0v) is 8.69. The summed E-state index contributed by atoms with van der Waals surface area (Å²) in [5, 5.41) is 3.16. The molecule has 0 aliphatic carbocycles. The molecule has 0 saturated heterocycles. The molecule has 0 aliphatic rings. The molecule has 0 spiro atoms. The second kappa shape index (κ2) is 3.47. The van der Waals surface area contributed by atoms with Crippen LogP contribution < -0.4 is 5.32 Å². The summed E-state index contributed by atoms with van der Waals surface area (Å²) in [5.41, 5.74) is 1.33. The van der Waals surface area contributed by atoms with Gasteiger partial charge in [-0.3, -0.25) is 4.40 Å². The molecule has 0 amide bonds. The van der Waals surface area contributed by atoms with Gasteiger partial charge < -0.3 is 5.32 Å². The summed E-state index contributed by atoms with van der Waals surface area (Å²) in [4.78, 5) is 6.80. The summed E-state index contributed by atoms with van der Waals surface area (Å²) in [6, 6.07) is 0. The third-order valence-corrected chi connectivity index (χ3v) is 3.42. The van der Waals surface area contributed by atoms with Crippen molar-refractivity contribution in [1.82, 2.24) is 14.7 Å². The number of nitrogens with zero attached hydrogens (tertiary/aromatic N) is 2. The fourth-order valence-electron chi connectivity index (χ4n) is 1.41. The fourth-order valence-corrected chi connectivity index (χ4v) is 2.49. The highest BCUT2D eigenvalue weighted by molar-refractivity contribution is 7.17. The van der Waals surface area contributed by atoms with Gasteiger partial charge in [-0.15, -0.1) is 11.3 Å². The molecule has 0 saturated carbocycles. The summed E-state index contributed by atoms with van der Waals surface area (Å²) >= 11 is 1.78. The topological polar surface area (TPSA) is 29.3 Å². The average Bonchev–Trinajstić information content (AvgIpc) is 2.67. The highest BCUT2D eigenvalue weighted by Gasteiger charge is 2.07. The van der Waals surface area contributed by atoms with Crippen molar-refractivity contribution in [2.24, 2.45) is 0 Å². The minimum atomic E-state index is 1.03. The van der Waals surface area contributed by atoms with Crippen molar-refractivity contribution >= 4 is 16.3 Å². The molecule has 13 heavy (non-hydrogen) atoms. The van der Waals surface area contributed by atoms with Gasteiger partial charge in [0.05, 0.1) is 0 Å². The summed E-state index contributed by atoms with van der Waals surface area (Å²) in [6.07, 6.45) is 4.96. The van der Waals surface area contributed by atoms with Gasteiger partial charge in [0.2, 0.25) is 0 Å². The van der Waals surface area contributed by atoms with Crippen LogP contribution in [0.15, 0.2) is 12.4 Å². The van der Waals surface area contributed by atoms with Crippen LogP contribution in [0.3, 0.4) is 0 Å². The molecule has 4 heteroatoms. The Bertz CT molecular complexity index is 402. The first kappa shape index (κ1) is 8.72. The number of nitrogens with one attached hydrogen (secondary N) is 1. The monoisotopic (exact) mass is 195 g/mol. The molecule has 2 heterocycles. The Balaban J connectivity index is 2.34. The molecule has 0 aromatic carbocycles. The van der Waals surface area contributed by atoms with Gasteiger partial charge in [-0.1, -0.05) is 0 Å². The Morgan fingerprint density at radius 1 is 1.62 bits per heavy atom. The van der Waals surface area contributed by atoms with Crippen molar-refractivity contribution in [3.63, 3.8) is 0 Å². The molecule has 0 radical (unpaired) electrons. The maximum Gasteiger partial charge on any atom is 0.194 e. The maximum absolute atomic E-state index is 4.27.